The van der Waals surface area contributed by atoms with E-state index in [4.69, 9.17) is 4.74 Å². The molecular weight excluding hydrogens is 332 g/mol. The molecule has 0 aromatic heterocycles. The van der Waals surface area contributed by atoms with Gasteiger partial charge in [0.25, 0.3) is 0 Å². The Kier molecular flexibility index (Phi) is 5.78. The van der Waals surface area contributed by atoms with Crippen molar-refractivity contribution >= 4 is 11.8 Å². The van der Waals surface area contributed by atoms with Crippen LogP contribution in [0.4, 0.5) is 5.69 Å². The van der Waals surface area contributed by atoms with Crippen LogP contribution in [0.3, 0.4) is 0 Å². The van der Waals surface area contributed by atoms with Gasteiger partial charge in [-0.15, -0.1) is 0 Å². The molecule has 0 unspecified atom stereocenters. The molecule has 0 radical (unpaired) electrons. The Morgan fingerprint density at radius 2 is 1.70 bits per heavy atom. The lowest BCUT2D eigenvalue weighted by Crippen LogP contribution is -2.31. The van der Waals surface area contributed by atoms with Gasteiger partial charge in [-0.05, 0) is 80.7 Å². The summed E-state index contributed by atoms with van der Waals surface area (Å²) in [5.74, 6) is 0.969. The number of nitrogens with zero attached hydrogens (tertiary/aromatic N) is 2. The van der Waals surface area contributed by atoms with Crippen LogP contribution in [0.25, 0.3) is 6.08 Å². The Hall–Kier alpha value is -2.26. The van der Waals surface area contributed by atoms with Crippen molar-refractivity contribution in [2.45, 2.75) is 39.2 Å². The third kappa shape index (κ3) is 4.54. The highest BCUT2D eigenvalue weighted by Gasteiger charge is 2.16. The summed E-state index contributed by atoms with van der Waals surface area (Å²) < 4.78 is 5.96. The zero-order valence-corrected chi connectivity index (χ0v) is 16.4. The fourth-order valence-electron chi connectivity index (χ4n) is 4.10. The predicted molar refractivity (Wildman–Crippen MR) is 113 cm³/mol. The Morgan fingerprint density at radius 3 is 2.52 bits per heavy atom. The number of fused-ring (bicyclic) bond motifs is 1. The van der Waals surface area contributed by atoms with E-state index >= 15 is 0 Å². The average Bonchev–Trinajstić information content (AvgIpc) is 2.72. The van der Waals surface area contributed by atoms with Crippen LogP contribution in [0.15, 0.2) is 54.2 Å². The minimum atomic E-state index is 0.797. The van der Waals surface area contributed by atoms with Gasteiger partial charge in [-0.3, -0.25) is 0 Å². The summed E-state index contributed by atoms with van der Waals surface area (Å²) in [5.41, 5.74) is 5.21. The lowest BCUT2D eigenvalue weighted by Gasteiger charge is -2.30. The summed E-state index contributed by atoms with van der Waals surface area (Å²) in [4.78, 5) is 4.93. The summed E-state index contributed by atoms with van der Waals surface area (Å²) in [7, 11) is 0. The molecule has 0 saturated carbocycles. The average molecular weight is 363 g/mol. The molecule has 0 amide bonds. The highest BCUT2D eigenvalue weighted by atomic mass is 16.5. The Bertz CT molecular complexity index is 775. The molecule has 1 saturated heterocycles. The quantitative estimate of drug-likeness (QED) is 0.647. The molecule has 3 heteroatoms. The maximum absolute atomic E-state index is 5.96. The molecule has 0 spiro atoms. The lowest BCUT2D eigenvalue weighted by molar-refractivity contribution is 0.205. The topological polar surface area (TPSA) is 15.7 Å². The van der Waals surface area contributed by atoms with E-state index < -0.39 is 0 Å². The predicted octanol–water partition coefficient (Wildman–Crippen LogP) is 5.32. The highest BCUT2D eigenvalue weighted by Crippen LogP contribution is 2.30. The zero-order chi connectivity index (χ0) is 18.5. The van der Waals surface area contributed by atoms with Crippen molar-refractivity contribution in [3.05, 3.63) is 65.4 Å². The molecular formula is C24H30N2O. The molecule has 0 N–H and O–H groups in total. The lowest BCUT2D eigenvalue weighted by atomic mass is 10.0. The van der Waals surface area contributed by atoms with Gasteiger partial charge in [0.05, 0.1) is 6.61 Å². The van der Waals surface area contributed by atoms with Crippen LogP contribution < -0.4 is 9.64 Å². The highest BCUT2D eigenvalue weighted by molar-refractivity contribution is 5.67. The minimum absolute atomic E-state index is 0.797. The molecule has 2 aromatic rings. The van der Waals surface area contributed by atoms with Crippen molar-refractivity contribution in [2.24, 2.45) is 0 Å². The molecule has 0 atom stereocenters. The van der Waals surface area contributed by atoms with Gasteiger partial charge in [0.1, 0.15) is 5.75 Å². The van der Waals surface area contributed by atoms with Gasteiger partial charge < -0.3 is 14.5 Å². The second kappa shape index (κ2) is 8.62. The number of piperidine rings is 1. The van der Waals surface area contributed by atoms with E-state index in [9.17, 15) is 0 Å². The first-order valence-electron chi connectivity index (χ1n) is 10.3. The molecule has 27 heavy (non-hydrogen) atoms. The summed E-state index contributed by atoms with van der Waals surface area (Å²) in [6.45, 7) is 7.59. The number of hydrogen-bond donors (Lipinski definition) is 0. The minimum Gasteiger partial charge on any atom is -0.494 e. The Labute approximate surface area is 163 Å². The van der Waals surface area contributed by atoms with Gasteiger partial charge in [-0.1, -0.05) is 30.7 Å². The monoisotopic (exact) mass is 362 g/mol. The molecule has 2 heterocycles. The van der Waals surface area contributed by atoms with Crippen LogP contribution in [0.1, 0.15) is 43.7 Å². The summed E-state index contributed by atoms with van der Waals surface area (Å²) in [5, 5.41) is 0. The van der Waals surface area contributed by atoms with E-state index in [1.165, 1.54) is 54.9 Å². The molecule has 2 aliphatic heterocycles. The first kappa shape index (κ1) is 18.1. The second-order valence-electron chi connectivity index (χ2n) is 7.67. The van der Waals surface area contributed by atoms with Gasteiger partial charge in [0.2, 0.25) is 0 Å². The number of anilines is 1. The largest absolute Gasteiger partial charge is 0.494 e. The molecule has 3 nitrogen and oxygen atoms in total. The van der Waals surface area contributed by atoms with Crippen LogP contribution in [-0.4, -0.2) is 31.1 Å². The molecule has 2 aromatic carbocycles. The van der Waals surface area contributed by atoms with Gasteiger partial charge >= 0.3 is 0 Å². The zero-order valence-electron chi connectivity index (χ0n) is 16.4. The summed E-state index contributed by atoms with van der Waals surface area (Å²) in [6, 6.07) is 17.2. The van der Waals surface area contributed by atoms with Crippen LogP contribution in [0.5, 0.6) is 5.75 Å². The third-order valence-corrected chi connectivity index (χ3v) is 5.66. The van der Waals surface area contributed by atoms with Crippen molar-refractivity contribution in [1.29, 1.82) is 0 Å². The molecule has 2 aliphatic rings. The SMILES string of the molecule is CC1=Cc2ccccc2CN1c1ccc(OCCCN2CCCCC2)cc1. The number of allylic oxidation sites excluding steroid dienone is 1. The first-order valence-corrected chi connectivity index (χ1v) is 10.3. The number of hydrogen-bond acceptors (Lipinski definition) is 3. The van der Waals surface area contributed by atoms with Crippen molar-refractivity contribution in [3.8, 4) is 5.75 Å². The van der Waals surface area contributed by atoms with E-state index in [1.807, 2.05) is 0 Å². The van der Waals surface area contributed by atoms with Crippen molar-refractivity contribution in [1.82, 2.24) is 4.90 Å². The van der Waals surface area contributed by atoms with Gasteiger partial charge in [-0.2, -0.15) is 0 Å². The maximum atomic E-state index is 5.96. The van der Waals surface area contributed by atoms with Gasteiger partial charge in [0.15, 0.2) is 0 Å². The van der Waals surface area contributed by atoms with E-state index in [0.29, 0.717) is 0 Å². The van der Waals surface area contributed by atoms with Crippen molar-refractivity contribution < 1.29 is 4.74 Å². The standard InChI is InChI=1S/C24H30N2O/c1-20-18-21-8-3-4-9-22(21)19-26(20)23-10-12-24(13-11-23)27-17-7-16-25-14-5-2-6-15-25/h3-4,8-13,18H,2,5-7,14-17,19H2,1H3. The van der Waals surface area contributed by atoms with E-state index in [2.05, 4.69) is 71.3 Å². The van der Waals surface area contributed by atoms with E-state index in [1.54, 1.807) is 0 Å². The summed E-state index contributed by atoms with van der Waals surface area (Å²) >= 11 is 0. The fraction of sp³-hybridized carbons (Fsp3) is 0.417. The molecule has 142 valence electrons. The molecule has 0 bridgehead atoms. The van der Waals surface area contributed by atoms with Crippen LogP contribution in [0, 0.1) is 0 Å². The number of benzene rings is 2. The Balaban J connectivity index is 1.30. The molecule has 1 fully saturated rings. The third-order valence-electron chi connectivity index (χ3n) is 5.66. The number of ether oxygens (including phenoxy) is 1. The molecule has 4 rings (SSSR count). The second-order valence-corrected chi connectivity index (χ2v) is 7.67. The van der Waals surface area contributed by atoms with Gasteiger partial charge in [-0.25, -0.2) is 0 Å². The smallest absolute Gasteiger partial charge is 0.119 e. The first-order chi connectivity index (χ1) is 13.3. The maximum Gasteiger partial charge on any atom is 0.119 e. The van der Waals surface area contributed by atoms with Crippen LogP contribution >= 0.6 is 0 Å². The number of rotatable bonds is 6. The molecule has 0 aliphatic carbocycles. The fourth-order valence-corrected chi connectivity index (χ4v) is 4.10. The normalized spacial score (nSPS) is 17.4. The van der Waals surface area contributed by atoms with E-state index in [0.717, 1.165) is 31.9 Å². The summed E-state index contributed by atoms with van der Waals surface area (Å²) in [6.07, 6.45) is 7.49. The van der Waals surface area contributed by atoms with E-state index in [-0.39, 0.29) is 0 Å². The number of likely N-dealkylation sites (tertiary alicyclic amines) is 1. The van der Waals surface area contributed by atoms with Crippen LogP contribution in [0.2, 0.25) is 0 Å². The van der Waals surface area contributed by atoms with Gasteiger partial charge in [0, 0.05) is 24.5 Å². The Morgan fingerprint density at radius 1 is 0.926 bits per heavy atom. The van der Waals surface area contributed by atoms with Crippen molar-refractivity contribution in [2.75, 3.05) is 31.1 Å². The van der Waals surface area contributed by atoms with Crippen LogP contribution in [-0.2, 0) is 6.54 Å². The van der Waals surface area contributed by atoms with Crippen molar-refractivity contribution in [3.63, 3.8) is 0 Å².